The Hall–Kier alpha value is -9.50. The van der Waals surface area contributed by atoms with Gasteiger partial charge in [0.15, 0.2) is 0 Å². The standard InChI is InChI=1S/C73H52N2/c1-49-21-12-14-30-60(49)71-50(2)65(48-66-64-33-17-19-35-70(64)75(72(66)71)69-36-20-25-53-24-13-15-31-61(53)69)54-39-43-58(44-40-54)74(57-41-37-52(38-42-57)51-22-6-3-7-23-51)59-45-46-63-62-32-16-18-34-67(62)73(68(63)47-59,55-26-8-4-9-27-55)56-28-10-5-11-29-56/h3-48H,1-2H3. The summed E-state index contributed by atoms with van der Waals surface area (Å²) in [6.07, 6.45) is 0. The molecule has 0 spiro atoms. The zero-order chi connectivity index (χ0) is 50.0. The third-order valence-corrected chi connectivity index (χ3v) is 16.0. The fourth-order valence-corrected chi connectivity index (χ4v) is 12.6. The highest BCUT2D eigenvalue weighted by Gasteiger charge is 2.46. The van der Waals surface area contributed by atoms with Crippen LogP contribution in [-0.2, 0) is 5.41 Å². The molecule has 1 aliphatic carbocycles. The second-order valence-corrected chi connectivity index (χ2v) is 20.0. The van der Waals surface area contributed by atoms with Crippen molar-refractivity contribution in [3.05, 3.63) is 312 Å². The van der Waals surface area contributed by atoms with Crippen LogP contribution < -0.4 is 4.90 Å². The number of fused-ring (bicyclic) bond motifs is 7. The van der Waals surface area contributed by atoms with Gasteiger partial charge < -0.3 is 9.47 Å². The summed E-state index contributed by atoms with van der Waals surface area (Å²) in [4.78, 5) is 2.44. The number of hydrogen-bond donors (Lipinski definition) is 0. The molecule has 75 heavy (non-hydrogen) atoms. The van der Waals surface area contributed by atoms with E-state index in [0.717, 1.165) is 17.1 Å². The molecule has 354 valence electrons. The third-order valence-electron chi connectivity index (χ3n) is 16.0. The van der Waals surface area contributed by atoms with E-state index in [-0.39, 0.29) is 0 Å². The molecule has 0 saturated carbocycles. The number of benzene rings is 12. The second kappa shape index (κ2) is 17.9. The zero-order valence-electron chi connectivity index (χ0n) is 42.0. The van der Waals surface area contributed by atoms with Gasteiger partial charge in [0.2, 0.25) is 0 Å². The molecule has 14 rings (SSSR count). The Morgan fingerprint density at radius 2 is 0.880 bits per heavy atom. The third kappa shape index (κ3) is 7.02. The van der Waals surface area contributed by atoms with Crippen LogP contribution in [0.1, 0.15) is 33.4 Å². The van der Waals surface area contributed by atoms with Crippen molar-refractivity contribution in [2.45, 2.75) is 19.3 Å². The summed E-state index contributed by atoms with van der Waals surface area (Å²) in [7, 11) is 0. The van der Waals surface area contributed by atoms with Gasteiger partial charge in [0, 0.05) is 38.8 Å². The average molecular weight is 957 g/mol. The molecule has 0 radical (unpaired) electrons. The monoisotopic (exact) mass is 956 g/mol. The molecule has 0 fully saturated rings. The quantitative estimate of drug-likeness (QED) is 0.140. The molecule has 0 aliphatic heterocycles. The summed E-state index contributed by atoms with van der Waals surface area (Å²) in [6, 6.07) is 103. The normalized spacial score (nSPS) is 12.5. The van der Waals surface area contributed by atoms with E-state index < -0.39 is 5.41 Å². The lowest BCUT2D eigenvalue weighted by Crippen LogP contribution is -2.28. The summed E-state index contributed by atoms with van der Waals surface area (Å²) >= 11 is 0. The number of nitrogens with zero attached hydrogens (tertiary/aromatic N) is 2. The fourth-order valence-electron chi connectivity index (χ4n) is 12.6. The Labute approximate surface area is 438 Å². The predicted octanol–water partition coefficient (Wildman–Crippen LogP) is 19.4. The van der Waals surface area contributed by atoms with Gasteiger partial charge in [-0.15, -0.1) is 0 Å². The van der Waals surface area contributed by atoms with Crippen molar-refractivity contribution in [2.75, 3.05) is 4.90 Å². The average Bonchev–Trinajstić information content (AvgIpc) is 4.03. The van der Waals surface area contributed by atoms with Gasteiger partial charge in [-0.3, -0.25) is 0 Å². The van der Waals surface area contributed by atoms with Crippen LogP contribution in [0.2, 0.25) is 0 Å². The largest absolute Gasteiger partial charge is 0.310 e. The van der Waals surface area contributed by atoms with Crippen molar-refractivity contribution in [1.82, 2.24) is 4.57 Å². The number of aromatic nitrogens is 1. The first kappa shape index (κ1) is 44.2. The van der Waals surface area contributed by atoms with Gasteiger partial charge in [-0.25, -0.2) is 0 Å². The topological polar surface area (TPSA) is 8.17 Å². The molecule has 0 saturated heterocycles. The Bertz CT molecular complexity index is 4240. The second-order valence-electron chi connectivity index (χ2n) is 20.0. The molecule has 0 unspecified atom stereocenters. The Morgan fingerprint density at radius 1 is 0.347 bits per heavy atom. The van der Waals surface area contributed by atoms with E-state index >= 15 is 0 Å². The maximum atomic E-state index is 2.52. The first-order valence-corrected chi connectivity index (χ1v) is 26.1. The Kier molecular flexibility index (Phi) is 10.6. The maximum Gasteiger partial charge on any atom is 0.0714 e. The van der Waals surface area contributed by atoms with E-state index in [2.05, 4.69) is 302 Å². The SMILES string of the molecule is Cc1ccccc1-c1c(C)c(-c2ccc(N(c3ccc(-c4ccccc4)cc3)c3ccc4c(c3)C(c3ccccc3)(c3ccccc3)c3ccccc3-4)cc2)cc2c3ccccc3n(-c3cccc4ccccc34)c12. The van der Waals surface area contributed by atoms with Crippen LogP contribution in [0, 0.1) is 13.8 Å². The van der Waals surface area contributed by atoms with Crippen molar-refractivity contribution in [3.8, 4) is 50.2 Å². The van der Waals surface area contributed by atoms with Crippen molar-refractivity contribution in [3.63, 3.8) is 0 Å². The first-order chi connectivity index (χ1) is 37.1. The van der Waals surface area contributed by atoms with E-state index in [1.807, 2.05) is 0 Å². The van der Waals surface area contributed by atoms with Crippen LogP contribution in [0.15, 0.2) is 279 Å². The molecule has 13 aromatic rings. The minimum atomic E-state index is -0.529. The molecule has 0 N–H and O–H groups in total. The molecule has 0 bridgehead atoms. The summed E-state index contributed by atoms with van der Waals surface area (Å²) < 4.78 is 2.52. The molecule has 2 heteroatoms. The van der Waals surface area contributed by atoms with E-state index in [0.29, 0.717) is 0 Å². The van der Waals surface area contributed by atoms with E-state index in [4.69, 9.17) is 0 Å². The lowest BCUT2D eigenvalue weighted by molar-refractivity contribution is 0.768. The fraction of sp³-hybridized carbons (Fsp3) is 0.0411. The zero-order valence-corrected chi connectivity index (χ0v) is 42.0. The number of para-hydroxylation sites is 1. The van der Waals surface area contributed by atoms with Crippen molar-refractivity contribution in [2.24, 2.45) is 0 Å². The summed E-state index contributed by atoms with van der Waals surface area (Å²) in [5.74, 6) is 0. The van der Waals surface area contributed by atoms with Crippen molar-refractivity contribution >= 4 is 49.6 Å². The number of hydrogen-bond acceptors (Lipinski definition) is 1. The van der Waals surface area contributed by atoms with Crippen LogP contribution >= 0.6 is 0 Å². The van der Waals surface area contributed by atoms with Gasteiger partial charge in [-0.2, -0.15) is 0 Å². The number of rotatable bonds is 9. The van der Waals surface area contributed by atoms with Crippen molar-refractivity contribution in [1.29, 1.82) is 0 Å². The maximum absolute atomic E-state index is 2.52. The highest BCUT2D eigenvalue weighted by molar-refractivity contribution is 6.17. The predicted molar refractivity (Wildman–Crippen MR) is 316 cm³/mol. The van der Waals surface area contributed by atoms with E-state index in [1.54, 1.807) is 0 Å². The van der Waals surface area contributed by atoms with Gasteiger partial charge in [0.1, 0.15) is 0 Å². The van der Waals surface area contributed by atoms with E-state index in [1.165, 1.54) is 116 Å². The van der Waals surface area contributed by atoms with Crippen LogP contribution in [0.25, 0.3) is 82.8 Å². The van der Waals surface area contributed by atoms with Crippen LogP contribution in [0.5, 0.6) is 0 Å². The van der Waals surface area contributed by atoms with Gasteiger partial charge in [0.25, 0.3) is 0 Å². The Balaban J connectivity index is 0.973. The van der Waals surface area contributed by atoms with Gasteiger partial charge >= 0.3 is 0 Å². The molecular formula is C73H52N2. The van der Waals surface area contributed by atoms with Gasteiger partial charge in [-0.05, 0) is 146 Å². The van der Waals surface area contributed by atoms with Crippen LogP contribution in [-0.4, -0.2) is 4.57 Å². The molecule has 2 nitrogen and oxygen atoms in total. The minimum Gasteiger partial charge on any atom is -0.310 e. The van der Waals surface area contributed by atoms with Crippen LogP contribution in [0.3, 0.4) is 0 Å². The molecular weight excluding hydrogens is 905 g/mol. The lowest BCUT2D eigenvalue weighted by Gasteiger charge is -2.35. The minimum absolute atomic E-state index is 0.529. The number of anilines is 3. The molecule has 1 heterocycles. The lowest BCUT2D eigenvalue weighted by atomic mass is 9.67. The molecule has 0 atom stereocenters. The molecule has 1 aliphatic rings. The van der Waals surface area contributed by atoms with Crippen LogP contribution in [0.4, 0.5) is 17.1 Å². The summed E-state index contributed by atoms with van der Waals surface area (Å²) in [5.41, 5.74) is 23.7. The summed E-state index contributed by atoms with van der Waals surface area (Å²) in [5, 5.41) is 4.93. The smallest absolute Gasteiger partial charge is 0.0714 e. The highest BCUT2D eigenvalue weighted by atomic mass is 15.1. The molecule has 12 aromatic carbocycles. The highest BCUT2D eigenvalue weighted by Crippen LogP contribution is 2.57. The number of aryl methyl sites for hydroxylation is 1. The molecule has 0 amide bonds. The first-order valence-electron chi connectivity index (χ1n) is 26.1. The molecule has 1 aromatic heterocycles. The van der Waals surface area contributed by atoms with Gasteiger partial charge in [0.05, 0.1) is 22.1 Å². The van der Waals surface area contributed by atoms with Gasteiger partial charge in [-0.1, -0.05) is 224 Å². The van der Waals surface area contributed by atoms with Crippen molar-refractivity contribution < 1.29 is 0 Å². The van der Waals surface area contributed by atoms with E-state index in [9.17, 15) is 0 Å². The summed E-state index contributed by atoms with van der Waals surface area (Å²) in [6.45, 7) is 4.57. The Morgan fingerprint density at radius 3 is 1.59 bits per heavy atom.